The molecule has 3 fully saturated rings. The van der Waals surface area contributed by atoms with Crippen molar-refractivity contribution in [1.29, 1.82) is 0 Å². The number of imide groups is 2. The molecule has 59 heavy (non-hydrogen) atoms. The number of nitrogens with one attached hydrogen (secondary N) is 1. The number of amides is 4. The Morgan fingerprint density at radius 1 is 0.864 bits per heavy atom. The Morgan fingerprint density at radius 3 is 2.31 bits per heavy atom. The summed E-state index contributed by atoms with van der Waals surface area (Å²) in [5.74, 6) is 0.0509. The van der Waals surface area contributed by atoms with Gasteiger partial charge in [-0.3, -0.25) is 34.3 Å². The van der Waals surface area contributed by atoms with Crippen molar-refractivity contribution >= 4 is 52.6 Å². The minimum absolute atomic E-state index is 0.0922. The Kier molecular flexibility index (Phi) is 11.1. The van der Waals surface area contributed by atoms with Crippen molar-refractivity contribution in [2.45, 2.75) is 64.0 Å². The Hall–Kier alpha value is -5.84. The average Bonchev–Trinajstić information content (AvgIpc) is 3.49. The van der Waals surface area contributed by atoms with Gasteiger partial charge in [0.05, 0.1) is 23.4 Å². The van der Waals surface area contributed by atoms with Crippen molar-refractivity contribution in [2.24, 2.45) is 5.92 Å². The predicted octanol–water partition coefficient (Wildman–Crippen LogP) is 6.59. The van der Waals surface area contributed by atoms with E-state index in [2.05, 4.69) is 55.8 Å². The summed E-state index contributed by atoms with van der Waals surface area (Å²) in [6.07, 6.45) is 3.84. The van der Waals surface area contributed by atoms with Crippen LogP contribution in [0.4, 0.5) is 17.3 Å². The van der Waals surface area contributed by atoms with Gasteiger partial charge in [0.1, 0.15) is 17.9 Å². The molecule has 1 aromatic heterocycles. The van der Waals surface area contributed by atoms with E-state index in [9.17, 15) is 19.2 Å². The lowest BCUT2D eigenvalue weighted by molar-refractivity contribution is -0.136. The highest BCUT2D eigenvalue weighted by atomic mass is 35.5. The zero-order valence-corrected chi connectivity index (χ0v) is 34.2. The number of halogens is 1. The van der Waals surface area contributed by atoms with Crippen LogP contribution in [0, 0.1) is 12.5 Å². The second-order valence-electron chi connectivity index (χ2n) is 16.4. The highest BCUT2D eigenvalue weighted by Crippen LogP contribution is 2.37. The number of aromatic nitrogens is 2. The lowest BCUT2D eigenvalue weighted by Crippen LogP contribution is -2.54. The fraction of sp³-hybridized carbons (Fsp3) is 0.400. The number of hydrogen-bond acceptors (Lipinski definition) is 10. The number of ether oxygens (including phenoxy) is 1. The number of piperidine rings is 2. The van der Waals surface area contributed by atoms with Crippen LogP contribution in [0.1, 0.15) is 90.1 Å². The molecule has 0 aliphatic carbocycles. The van der Waals surface area contributed by atoms with E-state index in [1.54, 1.807) is 24.4 Å². The summed E-state index contributed by atoms with van der Waals surface area (Å²) in [4.78, 5) is 71.7. The Balaban J connectivity index is 0.808. The van der Waals surface area contributed by atoms with E-state index < -0.39 is 29.7 Å². The van der Waals surface area contributed by atoms with Crippen LogP contribution in [0.5, 0.6) is 5.75 Å². The molecule has 0 saturated carbocycles. The number of carbonyl (C=O) groups is 4. The largest absolute Gasteiger partial charge is 0.484 e. The van der Waals surface area contributed by atoms with Crippen molar-refractivity contribution in [2.75, 3.05) is 55.6 Å². The number of benzene rings is 3. The third-order valence-corrected chi connectivity index (χ3v) is 12.5. The third-order valence-electron chi connectivity index (χ3n) is 12.3. The summed E-state index contributed by atoms with van der Waals surface area (Å²) < 4.78 is 6.34. The van der Waals surface area contributed by atoms with Crippen LogP contribution < -0.4 is 19.9 Å². The Labute approximate surface area is 349 Å². The molecule has 4 aliphatic rings. The van der Waals surface area contributed by atoms with E-state index in [1.165, 1.54) is 0 Å². The first-order valence-electron chi connectivity index (χ1n) is 20.2. The van der Waals surface area contributed by atoms with Gasteiger partial charge in [0.25, 0.3) is 11.8 Å². The number of hydrogen-bond donors (Lipinski definition) is 1. The summed E-state index contributed by atoms with van der Waals surface area (Å²) in [6, 6.07) is 19.8. The van der Waals surface area contributed by atoms with Gasteiger partial charge in [0, 0.05) is 74.6 Å². The van der Waals surface area contributed by atoms with Gasteiger partial charge in [0.15, 0.2) is 5.69 Å². The number of piperazine rings is 1. The van der Waals surface area contributed by atoms with Crippen LogP contribution in [0.25, 0.3) is 4.85 Å². The average molecular weight is 815 g/mol. The Bertz CT molecular complexity index is 2330. The van der Waals surface area contributed by atoms with Gasteiger partial charge >= 0.3 is 0 Å². The van der Waals surface area contributed by atoms with Gasteiger partial charge in [-0.15, -0.1) is 0 Å². The van der Waals surface area contributed by atoms with Gasteiger partial charge in [-0.25, -0.2) is 14.8 Å². The van der Waals surface area contributed by atoms with Crippen molar-refractivity contribution in [3.05, 3.63) is 117 Å². The molecule has 304 valence electrons. The maximum absolute atomic E-state index is 13.3. The first kappa shape index (κ1) is 40.0. The minimum atomic E-state index is -0.973. The van der Waals surface area contributed by atoms with E-state index >= 15 is 0 Å². The topological polar surface area (TPSA) is 133 Å². The summed E-state index contributed by atoms with van der Waals surface area (Å²) in [5.41, 5.74) is 4.53. The molecular formula is C45H47ClN8O5. The summed E-state index contributed by atoms with van der Waals surface area (Å²) in [6.45, 7) is 19.8. The molecule has 4 aliphatic heterocycles. The van der Waals surface area contributed by atoms with E-state index in [4.69, 9.17) is 27.9 Å². The summed E-state index contributed by atoms with van der Waals surface area (Å²) in [7, 11) is 0. The smallest absolute Gasteiger partial charge is 0.262 e. The van der Waals surface area contributed by atoms with Crippen molar-refractivity contribution in [1.82, 2.24) is 25.1 Å². The van der Waals surface area contributed by atoms with Crippen molar-refractivity contribution < 1.29 is 23.9 Å². The first-order valence-corrected chi connectivity index (χ1v) is 20.6. The van der Waals surface area contributed by atoms with Crippen LogP contribution in [0.2, 0.25) is 5.02 Å². The maximum Gasteiger partial charge on any atom is 0.262 e. The predicted molar refractivity (Wildman–Crippen MR) is 224 cm³/mol. The highest BCUT2D eigenvalue weighted by Gasteiger charge is 2.45. The number of fused-ring (bicyclic) bond motifs is 1. The van der Waals surface area contributed by atoms with Crippen molar-refractivity contribution in [3.63, 3.8) is 0 Å². The SMILES string of the molecule is [C-]#[N+]c1cc(Cl)cc(C(C)(C)c2ccc(OC(C)c3ccnc(N4CCC(CN5CCN(c6ccc7c(c6)C(=O)N(C6CCC(=O)NC6=O)C7=O)CC5)CC4)n3)cc2)c1. The van der Waals surface area contributed by atoms with Crippen LogP contribution in [-0.4, -0.2) is 95.3 Å². The number of anilines is 2. The quantitative estimate of drug-likeness (QED) is 0.138. The number of nitrogens with zero attached hydrogens (tertiary/aromatic N) is 7. The summed E-state index contributed by atoms with van der Waals surface area (Å²) >= 11 is 6.32. The zero-order valence-electron chi connectivity index (χ0n) is 33.5. The van der Waals surface area contributed by atoms with E-state index in [0.29, 0.717) is 27.8 Å². The molecule has 0 spiro atoms. The normalized spacial score (nSPS) is 19.7. The van der Waals surface area contributed by atoms with E-state index in [0.717, 1.165) is 97.8 Å². The fourth-order valence-corrected chi connectivity index (χ4v) is 8.88. The highest BCUT2D eigenvalue weighted by molar-refractivity contribution is 6.31. The molecular weight excluding hydrogens is 768 g/mol. The van der Waals surface area contributed by atoms with Crippen LogP contribution >= 0.6 is 11.6 Å². The van der Waals surface area contributed by atoms with Crippen molar-refractivity contribution in [3.8, 4) is 5.75 Å². The molecule has 13 nitrogen and oxygen atoms in total. The lowest BCUT2D eigenvalue weighted by Gasteiger charge is -2.39. The first-order chi connectivity index (χ1) is 28.4. The van der Waals surface area contributed by atoms with Gasteiger partial charge in [0.2, 0.25) is 17.8 Å². The number of carbonyl (C=O) groups excluding carboxylic acids is 4. The molecule has 8 rings (SSSR count). The summed E-state index contributed by atoms with van der Waals surface area (Å²) in [5, 5.41) is 2.80. The molecule has 2 atom stereocenters. The van der Waals surface area contributed by atoms with Gasteiger partial charge < -0.3 is 14.5 Å². The second-order valence-corrected chi connectivity index (χ2v) is 16.8. The molecule has 5 heterocycles. The van der Waals surface area contributed by atoms with Gasteiger partial charge in [-0.1, -0.05) is 43.6 Å². The lowest BCUT2D eigenvalue weighted by atomic mass is 9.78. The third kappa shape index (κ3) is 8.25. The molecule has 2 unspecified atom stereocenters. The standard InChI is InChI=1S/C45H47ClN8O5/c1-28(59-35-8-5-30(6-9-35)45(2,3)31-23-32(46)25-33(24-31)47-4)38-13-16-48-44(49-38)53-17-14-29(15-18-53)27-51-19-21-52(22-20-51)34-7-10-36-37(26-34)43(58)54(42(36)57)39-11-12-40(55)50-41(39)56/h5-10,13,16,23-26,28-29,39H,11-12,14-15,17-22,27H2,1-3H3,(H,50,55,56). The molecule has 4 amide bonds. The fourth-order valence-electron chi connectivity index (χ4n) is 8.65. The van der Waals surface area contributed by atoms with E-state index in [-0.39, 0.29) is 24.4 Å². The molecule has 0 bridgehead atoms. The molecule has 0 radical (unpaired) electrons. The zero-order chi connectivity index (χ0) is 41.4. The molecule has 1 N–H and O–H groups in total. The maximum atomic E-state index is 13.3. The van der Waals surface area contributed by atoms with Crippen LogP contribution in [-0.2, 0) is 15.0 Å². The monoisotopic (exact) mass is 814 g/mol. The van der Waals surface area contributed by atoms with Gasteiger partial charge in [-0.2, -0.15) is 0 Å². The molecule has 4 aromatic rings. The van der Waals surface area contributed by atoms with E-state index in [1.807, 2.05) is 43.3 Å². The van der Waals surface area contributed by atoms with Crippen LogP contribution in [0.15, 0.2) is 72.9 Å². The van der Waals surface area contributed by atoms with Crippen LogP contribution in [0.3, 0.4) is 0 Å². The minimum Gasteiger partial charge on any atom is -0.484 e. The number of rotatable bonds is 10. The second kappa shape index (κ2) is 16.4. The van der Waals surface area contributed by atoms with Gasteiger partial charge in [-0.05, 0) is 91.8 Å². The molecule has 14 heteroatoms. The molecule has 3 saturated heterocycles. The molecule has 3 aromatic carbocycles. The Morgan fingerprint density at radius 2 is 1.59 bits per heavy atom.